The number of alkyl halides is 6. The fourth-order valence-corrected chi connectivity index (χ4v) is 4.53. The summed E-state index contributed by atoms with van der Waals surface area (Å²) in [4.78, 5) is 35.2. The standard InChI is InChI=1S/C29H25F6N3O3/c1-2-41-27(40)38(26-9-5-6-12-36-26)24(15-19-17-37-23-8-4-3-7-22(19)23)25(39)11-10-18-13-20(28(30,31)32)16-21(14-18)29(33,34)35/h3-9,12-14,16-17,24,37H,2,10-11,15H2,1H3. The van der Waals surface area contributed by atoms with Gasteiger partial charge in [0.1, 0.15) is 11.9 Å². The van der Waals surface area contributed by atoms with Gasteiger partial charge in [-0.2, -0.15) is 26.3 Å². The van der Waals surface area contributed by atoms with Gasteiger partial charge in [-0.15, -0.1) is 0 Å². The molecule has 2 aromatic carbocycles. The van der Waals surface area contributed by atoms with Crippen molar-refractivity contribution in [3.8, 4) is 0 Å². The minimum Gasteiger partial charge on any atom is -0.449 e. The van der Waals surface area contributed by atoms with Crippen molar-refractivity contribution >= 4 is 28.6 Å². The molecule has 41 heavy (non-hydrogen) atoms. The summed E-state index contributed by atoms with van der Waals surface area (Å²) in [7, 11) is 0. The van der Waals surface area contributed by atoms with Crippen molar-refractivity contribution in [2.45, 2.75) is 44.6 Å². The Balaban J connectivity index is 1.71. The van der Waals surface area contributed by atoms with Gasteiger partial charge in [-0.1, -0.05) is 24.3 Å². The molecule has 1 N–H and O–H groups in total. The molecule has 4 aromatic rings. The Kier molecular flexibility index (Phi) is 8.69. The number of aromatic amines is 1. The van der Waals surface area contributed by atoms with Gasteiger partial charge < -0.3 is 9.72 Å². The molecule has 0 radical (unpaired) electrons. The van der Waals surface area contributed by atoms with Crippen LogP contribution in [-0.4, -0.2) is 34.5 Å². The van der Waals surface area contributed by atoms with Gasteiger partial charge in [-0.05, 0) is 60.9 Å². The molecule has 0 spiro atoms. The van der Waals surface area contributed by atoms with Crippen LogP contribution in [-0.2, 0) is 34.7 Å². The highest BCUT2D eigenvalue weighted by atomic mass is 19.4. The lowest BCUT2D eigenvalue weighted by Gasteiger charge is -2.29. The van der Waals surface area contributed by atoms with E-state index in [9.17, 15) is 35.9 Å². The van der Waals surface area contributed by atoms with Crippen LogP contribution in [0.15, 0.2) is 73.1 Å². The number of hydrogen-bond donors (Lipinski definition) is 1. The second-order valence-electron chi connectivity index (χ2n) is 9.22. The molecular formula is C29H25F6N3O3. The fraction of sp³-hybridized carbons (Fsp3) is 0.276. The van der Waals surface area contributed by atoms with Crippen molar-refractivity contribution in [3.05, 3.63) is 95.3 Å². The third-order valence-electron chi connectivity index (χ3n) is 6.44. The molecule has 0 saturated heterocycles. The topological polar surface area (TPSA) is 75.3 Å². The zero-order chi connectivity index (χ0) is 29.8. The Bertz CT molecular complexity index is 1480. The van der Waals surface area contributed by atoms with Crippen molar-refractivity contribution in [1.82, 2.24) is 9.97 Å². The Morgan fingerprint density at radius 3 is 2.22 bits per heavy atom. The second kappa shape index (κ2) is 12.0. The Labute approximate surface area is 230 Å². The number of pyridine rings is 1. The molecule has 12 heteroatoms. The fourth-order valence-electron chi connectivity index (χ4n) is 4.53. The highest BCUT2D eigenvalue weighted by molar-refractivity contribution is 5.98. The van der Waals surface area contributed by atoms with Crippen molar-refractivity contribution in [3.63, 3.8) is 0 Å². The van der Waals surface area contributed by atoms with Crippen LogP contribution >= 0.6 is 0 Å². The van der Waals surface area contributed by atoms with E-state index >= 15 is 0 Å². The number of aromatic nitrogens is 2. The van der Waals surface area contributed by atoms with Crippen LogP contribution in [0.25, 0.3) is 10.9 Å². The minimum absolute atomic E-state index is 0.0133. The smallest absolute Gasteiger partial charge is 0.416 e. The molecule has 4 rings (SSSR count). The van der Waals surface area contributed by atoms with Crippen molar-refractivity contribution in [1.29, 1.82) is 0 Å². The van der Waals surface area contributed by atoms with E-state index in [4.69, 9.17) is 4.74 Å². The van der Waals surface area contributed by atoms with Crippen LogP contribution in [0.1, 0.15) is 35.6 Å². The predicted octanol–water partition coefficient (Wildman–Crippen LogP) is 7.38. The summed E-state index contributed by atoms with van der Waals surface area (Å²) in [5.74, 6) is -0.498. The van der Waals surface area contributed by atoms with Crippen molar-refractivity contribution in [2.24, 2.45) is 0 Å². The Morgan fingerprint density at radius 2 is 1.61 bits per heavy atom. The summed E-state index contributed by atoms with van der Waals surface area (Å²) >= 11 is 0. The van der Waals surface area contributed by atoms with E-state index in [0.717, 1.165) is 15.8 Å². The molecule has 0 aliphatic rings. The number of H-pyrrole nitrogens is 1. The number of amides is 1. The molecule has 0 saturated carbocycles. The van der Waals surface area contributed by atoms with Crippen LogP contribution in [0.4, 0.5) is 37.0 Å². The summed E-state index contributed by atoms with van der Waals surface area (Å²) in [5, 5.41) is 0.780. The van der Waals surface area contributed by atoms with Gasteiger partial charge in [-0.3, -0.25) is 9.69 Å². The highest BCUT2D eigenvalue weighted by Gasteiger charge is 2.37. The number of hydrogen-bond acceptors (Lipinski definition) is 4. The molecule has 1 amide bonds. The maximum atomic E-state index is 13.7. The molecule has 6 nitrogen and oxygen atoms in total. The molecule has 216 valence electrons. The molecule has 0 bridgehead atoms. The third kappa shape index (κ3) is 7.05. The largest absolute Gasteiger partial charge is 0.449 e. The lowest BCUT2D eigenvalue weighted by molar-refractivity contribution is -0.143. The lowest BCUT2D eigenvalue weighted by atomic mass is 9.95. The molecule has 0 fully saturated rings. The SMILES string of the molecule is CCOC(=O)N(c1ccccn1)C(Cc1c[nH]c2ccccc12)C(=O)CCc1cc(C(F)(F)F)cc(C(F)(F)F)c1. The lowest BCUT2D eigenvalue weighted by Crippen LogP contribution is -2.47. The normalized spacial score (nSPS) is 12.8. The number of ketones is 1. The third-order valence-corrected chi connectivity index (χ3v) is 6.44. The number of Topliss-reactive ketones (excluding diaryl/α,β-unsaturated/α-hetero) is 1. The van der Waals surface area contributed by atoms with Crippen LogP contribution in [0.5, 0.6) is 0 Å². The number of nitrogens with zero attached hydrogens (tertiary/aromatic N) is 2. The molecule has 0 aliphatic heterocycles. The molecule has 1 unspecified atom stereocenters. The first-order valence-corrected chi connectivity index (χ1v) is 12.6. The number of para-hydroxylation sites is 1. The van der Waals surface area contributed by atoms with Crippen LogP contribution in [0, 0.1) is 0 Å². The number of aryl methyl sites for hydroxylation is 1. The monoisotopic (exact) mass is 577 g/mol. The first-order chi connectivity index (χ1) is 19.4. The summed E-state index contributed by atoms with van der Waals surface area (Å²) < 4.78 is 85.3. The summed E-state index contributed by atoms with van der Waals surface area (Å²) in [6, 6.07) is 12.0. The molecule has 1 atom stereocenters. The maximum absolute atomic E-state index is 13.7. The van der Waals surface area contributed by atoms with E-state index in [1.165, 1.54) is 12.3 Å². The maximum Gasteiger partial charge on any atom is 0.416 e. The number of carbonyl (C=O) groups is 2. The number of anilines is 1. The Hall–Kier alpha value is -4.35. The number of benzene rings is 2. The minimum atomic E-state index is -5.02. The number of ether oxygens (including phenoxy) is 1. The molecular weight excluding hydrogens is 552 g/mol. The number of carbonyl (C=O) groups excluding carboxylic acids is 2. The van der Waals surface area contributed by atoms with Gasteiger partial charge in [0.2, 0.25) is 0 Å². The zero-order valence-corrected chi connectivity index (χ0v) is 21.7. The molecule has 2 aromatic heterocycles. The van der Waals surface area contributed by atoms with Crippen molar-refractivity contribution in [2.75, 3.05) is 11.5 Å². The average Bonchev–Trinajstić information content (AvgIpc) is 3.34. The van der Waals surface area contributed by atoms with E-state index in [2.05, 4.69) is 9.97 Å². The van der Waals surface area contributed by atoms with Gasteiger partial charge in [0, 0.05) is 36.1 Å². The van der Waals surface area contributed by atoms with Gasteiger partial charge in [-0.25, -0.2) is 9.78 Å². The first-order valence-electron chi connectivity index (χ1n) is 12.6. The molecule has 2 heterocycles. The summed E-state index contributed by atoms with van der Waals surface area (Å²) in [6.07, 6.45) is -8.71. The number of rotatable bonds is 9. The Morgan fingerprint density at radius 1 is 0.951 bits per heavy atom. The van der Waals surface area contributed by atoms with Crippen LogP contribution in [0.3, 0.4) is 0 Å². The van der Waals surface area contributed by atoms with E-state index in [0.29, 0.717) is 17.7 Å². The average molecular weight is 578 g/mol. The van der Waals surface area contributed by atoms with Crippen molar-refractivity contribution < 1.29 is 40.7 Å². The number of fused-ring (bicyclic) bond motifs is 1. The van der Waals surface area contributed by atoms with Gasteiger partial charge in [0.05, 0.1) is 17.7 Å². The van der Waals surface area contributed by atoms with Gasteiger partial charge in [0.25, 0.3) is 0 Å². The second-order valence-corrected chi connectivity index (χ2v) is 9.22. The summed E-state index contributed by atoms with van der Waals surface area (Å²) in [5.41, 5.74) is -1.80. The predicted molar refractivity (Wildman–Crippen MR) is 139 cm³/mol. The van der Waals surface area contributed by atoms with E-state index < -0.39 is 54.2 Å². The van der Waals surface area contributed by atoms with Crippen LogP contribution < -0.4 is 4.90 Å². The van der Waals surface area contributed by atoms with Gasteiger partial charge in [0.15, 0.2) is 5.78 Å². The quantitative estimate of drug-likeness (QED) is 0.211. The van der Waals surface area contributed by atoms with E-state index in [-0.39, 0.29) is 30.5 Å². The van der Waals surface area contributed by atoms with E-state index in [1.807, 2.05) is 18.2 Å². The van der Waals surface area contributed by atoms with Gasteiger partial charge >= 0.3 is 18.4 Å². The van der Waals surface area contributed by atoms with Crippen LogP contribution in [0.2, 0.25) is 0 Å². The summed E-state index contributed by atoms with van der Waals surface area (Å²) in [6.45, 7) is 1.57. The molecule has 0 aliphatic carbocycles. The first kappa shape index (κ1) is 29.6. The van der Waals surface area contributed by atoms with E-state index in [1.54, 1.807) is 31.3 Å². The number of halogens is 6. The highest BCUT2D eigenvalue weighted by Crippen LogP contribution is 2.36. The zero-order valence-electron chi connectivity index (χ0n) is 21.7. The number of nitrogens with one attached hydrogen (secondary N) is 1.